The Balaban J connectivity index is 1.91. The quantitative estimate of drug-likeness (QED) is 0.626. The van der Waals surface area contributed by atoms with E-state index in [0.717, 1.165) is 19.0 Å². The zero-order valence-electron chi connectivity index (χ0n) is 13.5. The highest BCUT2D eigenvalue weighted by atomic mass is 32.2. The molecular weight excluding hydrogens is 278 g/mol. The second-order valence-corrected chi connectivity index (χ2v) is 7.68. The number of nitrogens with one attached hydrogen (secondary N) is 2. The Morgan fingerprint density at radius 1 is 1.33 bits per heavy atom. The molecule has 0 heterocycles. The molecule has 2 rings (SSSR count). The molecule has 2 atom stereocenters. The molecule has 1 aliphatic carbocycles. The molecule has 1 aromatic carbocycles. The first-order valence-electron chi connectivity index (χ1n) is 7.70. The molecule has 0 saturated heterocycles. The number of benzene rings is 1. The monoisotopic (exact) mass is 305 g/mol. The number of thioether (sulfide) groups is 1. The van der Waals surface area contributed by atoms with Crippen molar-refractivity contribution in [2.24, 2.45) is 4.99 Å². The molecule has 1 aliphatic rings. The summed E-state index contributed by atoms with van der Waals surface area (Å²) in [4.78, 5) is 4.74. The van der Waals surface area contributed by atoms with Crippen molar-refractivity contribution in [2.45, 2.75) is 43.9 Å². The van der Waals surface area contributed by atoms with Crippen LogP contribution in [0, 0.1) is 0 Å². The Morgan fingerprint density at radius 2 is 2.05 bits per heavy atom. The van der Waals surface area contributed by atoms with Crippen LogP contribution in [0.3, 0.4) is 0 Å². The molecule has 1 aromatic rings. The average Bonchev–Trinajstić information content (AvgIpc) is 3.25. The Morgan fingerprint density at radius 3 is 2.67 bits per heavy atom. The highest BCUT2D eigenvalue weighted by molar-refractivity contribution is 7.99. The fraction of sp³-hybridized carbons (Fsp3) is 0.588. The summed E-state index contributed by atoms with van der Waals surface area (Å²) in [5, 5.41) is 6.92. The van der Waals surface area contributed by atoms with E-state index in [4.69, 9.17) is 4.99 Å². The smallest absolute Gasteiger partial charge is 0.191 e. The van der Waals surface area contributed by atoms with Crippen molar-refractivity contribution in [3.63, 3.8) is 0 Å². The minimum Gasteiger partial charge on any atom is -0.357 e. The molecule has 3 nitrogen and oxygen atoms in total. The molecule has 0 radical (unpaired) electrons. The van der Waals surface area contributed by atoms with E-state index >= 15 is 0 Å². The van der Waals surface area contributed by atoms with Crippen molar-refractivity contribution < 1.29 is 0 Å². The van der Waals surface area contributed by atoms with Gasteiger partial charge >= 0.3 is 0 Å². The van der Waals surface area contributed by atoms with E-state index in [1.807, 2.05) is 11.8 Å². The van der Waals surface area contributed by atoms with E-state index in [1.54, 1.807) is 0 Å². The van der Waals surface area contributed by atoms with Gasteiger partial charge in [0, 0.05) is 23.3 Å². The third-order valence-electron chi connectivity index (χ3n) is 3.86. The minimum atomic E-state index is 0.185. The number of guanidine groups is 1. The fourth-order valence-corrected chi connectivity index (χ4v) is 2.45. The van der Waals surface area contributed by atoms with Gasteiger partial charge in [0.05, 0.1) is 6.54 Å². The maximum absolute atomic E-state index is 4.74. The molecule has 1 fully saturated rings. The molecule has 1 saturated carbocycles. The third-order valence-corrected chi connectivity index (χ3v) is 5.09. The maximum Gasteiger partial charge on any atom is 0.191 e. The van der Waals surface area contributed by atoms with Crippen LogP contribution >= 0.6 is 11.8 Å². The van der Waals surface area contributed by atoms with Crippen molar-refractivity contribution in [1.82, 2.24) is 10.6 Å². The number of hydrogen-bond acceptors (Lipinski definition) is 2. The molecule has 0 bridgehead atoms. The number of rotatable bonds is 6. The van der Waals surface area contributed by atoms with Crippen LogP contribution in [0.15, 0.2) is 35.3 Å². The van der Waals surface area contributed by atoms with E-state index in [2.05, 4.69) is 68.0 Å². The molecule has 2 unspecified atom stereocenters. The molecule has 0 aliphatic heterocycles. The molecular formula is C17H27N3S. The van der Waals surface area contributed by atoms with E-state index in [1.165, 1.54) is 12.0 Å². The summed E-state index contributed by atoms with van der Waals surface area (Å²) in [5.74, 6) is 1.58. The van der Waals surface area contributed by atoms with Gasteiger partial charge in [-0.1, -0.05) is 30.3 Å². The van der Waals surface area contributed by atoms with Gasteiger partial charge < -0.3 is 10.6 Å². The first kappa shape index (κ1) is 16.2. The lowest BCUT2D eigenvalue weighted by molar-refractivity contribution is 0.708. The normalized spacial score (nSPS) is 22.0. The van der Waals surface area contributed by atoms with E-state index in [0.29, 0.717) is 12.0 Å². The third kappa shape index (κ3) is 4.95. The summed E-state index contributed by atoms with van der Waals surface area (Å²) in [5.41, 5.74) is 1.43. The van der Waals surface area contributed by atoms with Crippen molar-refractivity contribution in [3.05, 3.63) is 35.9 Å². The van der Waals surface area contributed by atoms with Gasteiger partial charge in [-0.2, -0.15) is 11.8 Å². The average molecular weight is 305 g/mol. The van der Waals surface area contributed by atoms with Crippen LogP contribution in [0.1, 0.15) is 38.7 Å². The molecule has 21 heavy (non-hydrogen) atoms. The van der Waals surface area contributed by atoms with Crippen LogP contribution in [0.4, 0.5) is 0 Å². The Labute approximate surface area is 133 Å². The molecule has 2 N–H and O–H groups in total. The summed E-state index contributed by atoms with van der Waals surface area (Å²) in [6.45, 7) is 8.29. The van der Waals surface area contributed by atoms with Gasteiger partial charge in [0.2, 0.25) is 0 Å². The van der Waals surface area contributed by atoms with Gasteiger partial charge in [0.15, 0.2) is 5.96 Å². The molecule has 116 valence electrons. The lowest BCUT2D eigenvalue weighted by atomic mass is 10.1. The first-order valence-corrected chi connectivity index (χ1v) is 8.93. The Kier molecular flexibility index (Phi) is 5.57. The summed E-state index contributed by atoms with van der Waals surface area (Å²) in [7, 11) is 0. The SMILES string of the molecule is CCNC(=NCC(C)(C)SC)NC1CC1c1ccccc1. The fourth-order valence-electron chi connectivity index (χ4n) is 2.25. The second-order valence-electron chi connectivity index (χ2n) is 6.16. The van der Waals surface area contributed by atoms with Crippen molar-refractivity contribution in [3.8, 4) is 0 Å². The second kappa shape index (κ2) is 7.21. The maximum atomic E-state index is 4.74. The highest BCUT2D eigenvalue weighted by Gasteiger charge is 2.38. The standard InChI is InChI=1S/C17H27N3S/c1-5-18-16(19-12-17(2,3)21-4)20-15-11-14(15)13-9-7-6-8-10-13/h6-10,14-15H,5,11-12H2,1-4H3,(H2,18,19,20). The van der Waals surface area contributed by atoms with Crippen LogP contribution in [0.2, 0.25) is 0 Å². The molecule has 0 spiro atoms. The highest BCUT2D eigenvalue weighted by Crippen LogP contribution is 2.40. The van der Waals surface area contributed by atoms with Gasteiger partial charge in [0.1, 0.15) is 0 Å². The number of aliphatic imine (C=N–C) groups is 1. The van der Waals surface area contributed by atoms with Crippen LogP contribution in [-0.4, -0.2) is 36.1 Å². The van der Waals surface area contributed by atoms with Gasteiger partial charge in [-0.25, -0.2) is 0 Å². The molecule has 0 aromatic heterocycles. The lowest BCUT2D eigenvalue weighted by Crippen LogP contribution is -2.40. The van der Waals surface area contributed by atoms with Crippen LogP contribution in [-0.2, 0) is 0 Å². The van der Waals surface area contributed by atoms with Crippen LogP contribution < -0.4 is 10.6 Å². The zero-order valence-corrected chi connectivity index (χ0v) is 14.3. The lowest BCUT2D eigenvalue weighted by Gasteiger charge is -2.20. The summed E-state index contributed by atoms with van der Waals surface area (Å²) >= 11 is 1.86. The van der Waals surface area contributed by atoms with E-state index in [9.17, 15) is 0 Å². The predicted octanol–water partition coefficient (Wildman–Crippen LogP) is 3.24. The van der Waals surface area contributed by atoms with Crippen LogP contribution in [0.5, 0.6) is 0 Å². The van der Waals surface area contributed by atoms with Crippen molar-refractivity contribution in [1.29, 1.82) is 0 Å². The summed E-state index contributed by atoms with van der Waals surface area (Å²) in [6.07, 6.45) is 3.34. The van der Waals surface area contributed by atoms with Crippen LogP contribution in [0.25, 0.3) is 0 Å². The predicted molar refractivity (Wildman–Crippen MR) is 94.3 cm³/mol. The van der Waals surface area contributed by atoms with Gasteiger partial charge in [-0.15, -0.1) is 0 Å². The molecule has 0 amide bonds. The first-order chi connectivity index (χ1) is 10.1. The zero-order chi connectivity index (χ0) is 15.3. The summed E-state index contributed by atoms with van der Waals surface area (Å²) < 4.78 is 0.185. The number of nitrogens with zero attached hydrogens (tertiary/aromatic N) is 1. The van der Waals surface area contributed by atoms with Gasteiger partial charge in [-0.05, 0) is 39.0 Å². The molecule has 4 heteroatoms. The largest absolute Gasteiger partial charge is 0.357 e. The van der Waals surface area contributed by atoms with Gasteiger partial charge in [-0.3, -0.25) is 4.99 Å². The van der Waals surface area contributed by atoms with E-state index in [-0.39, 0.29) is 4.75 Å². The van der Waals surface area contributed by atoms with Crippen molar-refractivity contribution >= 4 is 17.7 Å². The van der Waals surface area contributed by atoms with Crippen molar-refractivity contribution in [2.75, 3.05) is 19.3 Å². The number of hydrogen-bond donors (Lipinski definition) is 2. The topological polar surface area (TPSA) is 36.4 Å². The Bertz CT molecular complexity index is 470. The Hall–Kier alpha value is -1.16. The summed E-state index contributed by atoms with van der Waals surface area (Å²) in [6, 6.07) is 11.3. The van der Waals surface area contributed by atoms with Gasteiger partial charge in [0.25, 0.3) is 0 Å². The van der Waals surface area contributed by atoms with E-state index < -0.39 is 0 Å². The minimum absolute atomic E-state index is 0.185.